The number of aliphatic imine (C=N–C) groups is 1. The minimum absolute atomic E-state index is 0.672. The fourth-order valence-corrected chi connectivity index (χ4v) is 2.50. The van der Waals surface area contributed by atoms with Crippen LogP contribution < -0.4 is 10.6 Å². The lowest BCUT2D eigenvalue weighted by atomic mass is 10.4. The Morgan fingerprint density at radius 1 is 1.56 bits per heavy atom. The lowest BCUT2D eigenvalue weighted by Gasteiger charge is -2.10. The van der Waals surface area contributed by atoms with Gasteiger partial charge in [0.05, 0.1) is 13.2 Å². The molecule has 1 rings (SSSR count). The van der Waals surface area contributed by atoms with Crippen LogP contribution in [0.5, 0.6) is 0 Å². The zero-order valence-corrected chi connectivity index (χ0v) is 11.8. The van der Waals surface area contributed by atoms with Crippen molar-refractivity contribution in [2.75, 3.05) is 27.3 Å². The van der Waals surface area contributed by atoms with Crippen LogP contribution in [0.3, 0.4) is 0 Å². The van der Waals surface area contributed by atoms with Gasteiger partial charge in [0.25, 0.3) is 0 Å². The van der Waals surface area contributed by atoms with Crippen LogP contribution in [0.2, 0.25) is 0 Å². The third kappa shape index (κ3) is 4.96. The van der Waals surface area contributed by atoms with Crippen LogP contribution in [-0.2, 0) is 11.3 Å². The first-order chi connectivity index (χ1) is 7.76. The van der Waals surface area contributed by atoms with Crippen molar-refractivity contribution in [1.29, 1.82) is 0 Å². The number of halogens is 1. The zero-order valence-electron chi connectivity index (χ0n) is 9.42. The van der Waals surface area contributed by atoms with Crippen molar-refractivity contribution in [2.45, 2.75) is 6.54 Å². The first-order valence-electron chi connectivity index (χ1n) is 4.92. The number of hydrogen-bond acceptors (Lipinski definition) is 3. The Labute approximate surface area is 108 Å². The van der Waals surface area contributed by atoms with E-state index in [-0.39, 0.29) is 0 Å². The van der Waals surface area contributed by atoms with E-state index in [9.17, 15) is 0 Å². The average Bonchev–Trinajstić information content (AvgIpc) is 2.69. The van der Waals surface area contributed by atoms with Crippen LogP contribution >= 0.6 is 27.3 Å². The average molecular weight is 306 g/mol. The van der Waals surface area contributed by atoms with Crippen molar-refractivity contribution in [2.24, 2.45) is 4.99 Å². The molecule has 1 aromatic rings. The third-order valence-electron chi connectivity index (χ3n) is 1.87. The molecular formula is C10H16BrN3OS. The van der Waals surface area contributed by atoms with Gasteiger partial charge in [-0.25, -0.2) is 0 Å². The zero-order chi connectivity index (χ0) is 11.8. The lowest BCUT2D eigenvalue weighted by molar-refractivity contribution is 0.203. The monoisotopic (exact) mass is 305 g/mol. The van der Waals surface area contributed by atoms with Gasteiger partial charge in [-0.1, -0.05) is 0 Å². The van der Waals surface area contributed by atoms with Crippen LogP contribution in [0, 0.1) is 0 Å². The number of rotatable bonds is 5. The quantitative estimate of drug-likeness (QED) is 0.495. The topological polar surface area (TPSA) is 45.7 Å². The van der Waals surface area contributed by atoms with E-state index in [1.807, 2.05) is 0 Å². The fraction of sp³-hybridized carbons (Fsp3) is 0.500. The number of guanidine groups is 1. The molecule has 90 valence electrons. The molecule has 0 aliphatic heterocycles. The lowest BCUT2D eigenvalue weighted by Crippen LogP contribution is -2.38. The van der Waals surface area contributed by atoms with Gasteiger partial charge in [-0.3, -0.25) is 4.99 Å². The second kappa shape index (κ2) is 7.65. The first-order valence-corrected chi connectivity index (χ1v) is 6.60. The van der Waals surface area contributed by atoms with Crippen molar-refractivity contribution < 1.29 is 4.74 Å². The summed E-state index contributed by atoms with van der Waals surface area (Å²) in [5.74, 6) is 0.793. The number of nitrogens with zero attached hydrogens (tertiary/aromatic N) is 1. The Morgan fingerprint density at radius 3 is 2.94 bits per heavy atom. The highest BCUT2D eigenvalue weighted by Crippen LogP contribution is 2.19. The van der Waals surface area contributed by atoms with Gasteiger partial charge in [-0.15, -0.1) is 11.3 Å². The number of ether oxygens (including phenoxy) is 1. The Kier molecular flexibility index (Phi) is 6.44. The Hall–Kier alpha value is -0.590. The van der Waals surface area contributed by atoms with Crippen LogP contribution in [0.15, 0.2) is 20.9 Å². The van der Waals surface area contributed by atoms with Gasteiger partial charge in [0, 0.05) is 35.4 Å². The molecule has 0 aliphatic carbocycles. The normalized spacial score (nSPS) is 11.6. The summed E-state index contributed by atoms with van der Waals surface area (Å²) in [7, 11) is 3.44. The second-order valence-corrected chi connectivity index (χ2v) is 4.99. The number of thiophene rings is 1. The molecule has 0 unspecified atom stereocenters. The van der Waals surface area contributed by atoms with Gasteiger partial charge in [0.1, 0.15) is 0 Å². The highest BCUT2D eigenvalue weighted by Gasteiger charge is 1.99. The molecule has 2 N–H and O–H groups in total. The maximum atomic E-state index is 4.95. The molecule has 0 aromatic carbocycles. The predicted molar refractivity (Wildman–Crippen MR) is 72.1 cm³/mol. The molecule has 1 aromatic heterocycles. The van der Waals surface area contributed by atoms with Gasteiger partial charge in [-0.2, -0.15) is 0 Å². The van der Waals surface area contributed by atoms with Crippen LogP contribution in [0.4, 0.5) is 0 Å². The SMILES string of the molecule is CN=C(NCCOC)NCc1cc(Br)cs1. The molecule has 0 atom stereocenters. The predicted octanol–water partition coefficient (Wildman–Crippen LogP) is 1.82. The van der Waals surface area contributed by atoms with E-state index in [4.69, 9.17) is 4.74 Å². The molecule has 1 heterocycles. The van der Waals surface area contributed by atoms with Gasteiger partial charge in [0.15, 0.2) is 5.96 Å². The van der Waals surface area contributed by atoms with Crippen LogP contribution in [0.25, 0.3) is 0 Å². The summed E-state index contributed by atoms with van der Waals surface area (Å²) in [6, 6.07) is 2.10. The second-order valence-electron chi connectivity index (χ2n) is 3.08. The minimum atomic E-state index is 0.672. The van der Waals surface area contributed by atoms with Gasteiger partial charge in [-0.05, 0) is 22.0 Å². The van der Waals surface area contributed by atoms with E-state index < -0.39 is 0 Å². The summed E-state index contributed by atoms with van der Waals surface area (Å²) in [5, 5.41) is 8.45. The summed E-state index contributed by atoms with van der Waals surface area (Å²) in [6.07, 6.45) is 0. The highest BCUT2D eigenvalue weighted by atomic mass is 79.9. The van der Waals surface area contributed by atoms with Crippen LogP contribution in [-0.4, -0.2) is 33.3 Å². The number of hydrogen-bond donors (Lipinski definition) is 2. The number of methoxy groups -OCH3 is 1. The summed E-state index contributed by atoms with van der Waals surface area (Å²) in [5.41, 5.74) is 0. The first kappa shape index (κ1) is 13.5. The largest absolute Gasteiger partial charge is 0.383 e. The third-order valence-corrected chi connectivity index (χ3v) is 3.57. The summed E-state index contributed by atoms with van der Waals surface area (Å²) >= 11 is 5.14. The molecule has 0 bridgehead atoms. The fourth-order valence-electron chi connectivity index (χ4n) is 1.11. The van der Waals surface area contributed by atoms with Gasteiger partial charge in [0.2, 0.25) is 0 Å². The molecule has 0 radical (unpaired) electrons. The maximum absolute atomic E-state index is 4.95. The maximum Gasteiger partial charge on any atom is 0.191 e. The minimum Gasteiger partial charge on any atom is -0.383 e. The van der Waals surface area contributed by atoms with E-state index in [0.29, 0.717) is 6.61 Å². The Bertz CT molecular complexity index is 341. The molecule has 0 aliphatic rings. The van der Waals surface area contributed by atoms with E-state index in [0.717, 1.165) is 23.5 Å². The van der Waals surface area contributed by atoms with Crippen molar-refractivity contribution in [3.63, 3.8) is 0 Å². The van der Waals surface area contributed by atoms with Crippen molar-refractivity contribution in [3.05, 3.63) is 20.8 Å². The highest BCUT2D eigenvalue weighted by molar-refractivity contribution is 9.10. The smallest absolute Gasteiger partial charge is 0.191 e. The Balaban J connectivity index is 2.29. The molecule has 0 spiro atoms. The molecule has 0 fully saturated rings. The van der Waals surface area contributed by atoms with Crippen molar-refractivity contribution in [1.82, 2.24) is 10.6 Å². The number of nitrogens with one attached hydrogen (secondary N) is 2. The van der Waals surface area contributed by atoms with E-state index in [2.05, 4.69) is 43.0 Å². The summed E-state index contributed by atoms with van der Waals surface area (Å²) in [4.78, 5) is 5.38. The molecule has 0 saturated carbocycles. The molecule has 0 amide bonds. The standard InChI is InChI=1S/C10H16BrN3OS/c1-12-10(13-3-4-15-2)14-6-9-5-8(11)7-16-9/h5,7H,3-4,6H2,1-2H3,(H2,12,13,14). The van der Waals surface area contributed by atoms with E-state index in [1.54, 1.807) is 25.5 Å². The van der Waals surface area contributed by atoms with Crippen molar-refractivity contribution >= 4 is 33.2 Å². The van der Waals surface area contributed by atoms with Crippen LogP contribution in [0.1, 0.15) is 4.88 Å². The molecule has 6 heteroatoms. The van der Waals surface area contributed by atoms with E-state index >= 15 is 0 Å². The Morgan fingerprint density at radius 2 is 2.38 bits per heavy atom. The van der Waals surface area contributed by atoms with Gasteiger partial charge >= 0.3 is 0 Å². The molecular weight excluding hydrogens is 290 g/mol. The van der Waals surface area contributed by atoms with Crippen molar-refractivity contribution in [3.8, 4) is 0 Å². The summed E-state index contributed by atoms with van der Waals surface area (Å²) in [6.45, 7) is 2.21. The summed E-state index contributed by atoms with van der Waals surface area (Å²) < 4.78 is 6.08. The van der Waals surface area contributed by atoms with E-state index in [1.165, 1.54) is 4.88 Å². The molecule has 4 nitrogen and oxygen atoms in total. The molecule has 0 saturated heterocycles. The molecule has 16 heavy (non-hydrogen) atoms. The van der Waals surface area contributed by atoms with Gasteiger partial charge < -0.3 is 15.4 Å².